The van der Waals surface area contributed by atoms with Gasteiger partial charge in [0.25, 0.3) is 5.91 Å². The molecule has 1 aliphatic rings. The average molecular weight is 296 g/mol. The fourth-order valence-corrected chi connectivity index (χ4v) is 2.68. The molecule has 2 aromatic rings. The molecule has 0 bridgehead atoms. The molecular formula is C18H20N2O2. The van der Waals surface area contributed by atoms with Gasteiger partial charge in [-0.15, -0.1) is 0 Å². The number of hydrogen-bond acceptors (Lipinski definition) is 3. The molecule has 114 valence electrons. The van der Waals surface area contributed by atoms with Crippen LogP contribution in [0.4, 0.5) is 5.69 Å². The molecule has 2 aromatic carbocycles. The summed E-state index contributed by atoms with van der Waals surface area (Å²) in [5.74, 6) is 0.759. The second-order valence-electron chi connectivity index (χ2n) is 5.72. The first-order chi connectivity index (χ1) is 10.6. The fraction of sp³-hybridized carbons (Fsp3) is 0.278. The van der Waals surface area contributed by atoms with E-state index in [0.717, 1.165) is 22.6 Å². The first-order valence-corrected chi connectivity index (χ1v) is 7.46. The minimum Gasteiger partial charge on any atom is -0.487 e. The van der Waals surface area contributed by atoms with Crippen molar-refractivity contribution < 1.29 is 9.53 Å². The highest BCUT2D eigenvalue weighted by Crippen LogP contribution is 2.35. The number of carbonyl (C=O) groups excluding carboxylic acids is 1. The second kappa shape index (κ2) is 5.81. The number of rotatable bonds is 2. The van der Waals surface area contributed by atoms with Crippen LogP contribution in [0.5, 0.6) is 5.75 Å². The Labute approximate surface area is 130 Å². The molecule has 0 radical (unpaired) electrons. The van der Waals surface area contributed by atoms with Crippen molar-refractivity contribution in [2.75, 3.05) is 11.4 Å². The summed E-state index contributed by atoms with van der Waals surface area (Å²) in [6, 6.07) is 13.4. The normalized spacial score (nSPS) is 16.9. The van der Waals surface area contributed by atoms with E-state index in [1.807, 2.05) is 56.3 Å². The van der Waals surface area contributed by atoms with E-state index in [4.69, 9.17) is 10.5 Å². The number of aryl methyl sites for hydroxylation is 1. The van der Waals surface area contributed by atoms with Gasteiger partial charge in [0.1, 0.15) is 11.9 Å². The van der Waals surface area contributed by atoms with Crippen molar-refractivity contribution in [2.45, 2.75) is 26.5 Å². The summed E-state index contributed by atoms with van der Waals surface area (Å²) < 4.78 is 5.85. The van der Waals surface area contributed by atoms with Gasteiger partial charge in [0.05, 0.1) is 12.2 Å². The molecule has 1 aliphatic heterocycles. The Hall–Kier alpha value is -2.33. The fourth-order valence-electron chi connectivity index (χ4n) is 2.68. The number of fused-ring (bicyclic) bond motifs is 1. The number of benzene rings is 2. The van der Waals surface area contributed by atoms with Crippen molar-refractivity contribution in [3.8, 4) is 5.75 Å². The summed E-state index contributed by atoms with van der Waals surface area (Å²) in [6.07, 6.45) is -0.0263. The third kappa shape index (κ3) is 2.70. The van der Waals surface area contributed by atoms with Crippen molar-refractivity contribution in [2.24, 2.45) is 5.73 Å². The molecule has 0 unspecified atom stereocenters. The first kappa shape index (κ1) is 14.6. The molecule has 1 heterocycles. The van der Waals surface area contributed by atoms with Gasteiger partial charge >= 0.3 is 0 Å². The number of anilines is 1. The number of amides is 1. The number of hydrogen-bond donors (Lipinski definition) is 1. The van der Waals surface area contributed by atoms with Crippen LogP contribution in [0.2, 0.25) is 0 Å². The number of nitrogens with zero attached hydrogens (tertiary/aromatic N) is 1. The Kier molecular flexibility index (Phi) is 3.86. The van der Waals surface area contributed by atoms with Gasteiger partial charge < -0.3 is 15.4 Å². The van der Waals surface area contributed by atoms with Crippen LogP contribution in [0.15, 0.2) is 42.5 Å². The minimum absolute atomic E-state index is 0.0103. The summed E-state index contributed by atoms with van der Waals surface area (Å²) >= 11 is 0. The lowest BCUT2D eigenvalue weighted by Gasteiger charge is -2.33. The average Bonchev–Trinajstić information content (AvgIpc) is 2.53. The summed E-state index contributed by atoms with van der Waals surface area (Å²) in [4.78, 5) is 14.6. The van der Waals surface area contributed by atoms with Gasteiger partial charge in [0.2, 0.25) is 0 Å². The van der Waals surface area contributed by atoms with Gasteiger partial charge in [-0.2, -0.15) is 0 Å². The number of nitrogens with two attached hydrogens (primary N) is 1. The van der Waals surface area contributed by atoms with E-state index < -0.39 is 0 Å². The molecule has 3 rings (SSSR count). The van der Waals surface area contributed by atoms with E-state index in [2.05, 4.69) is 0 Å². The quantitative estimate of drug-likeness (QED) is 0.927. The SMILES string of the molecule is Cc1ccc2c(c1)O[C@@H](C)CN2C(=O)c1ccc(CN)cc1. The monoisotopic (exact) mass is 296 g/mol. The van der Waals surface area contributed by atoms with Crippen molar-refractivity contribution in [1.82, 2.24) is 0 Å². The summed E-state index contributed by atoms with van der Waals surface area (Å²) in [6.45, 7) is 5.02. The molecule has 0 fully saturated rings. The van der Waals surface area contributed by atoms with Gasteiger partial charge in [-0.3, -0.25) is 4.79 Å². The van der Waals surface area contributed by atoms with Crippen LogP contribution in [0, 0.1) is 6.92 Å². The highest BCUT2D eigenvalue weighted by molar-refractivity contribution is 6.07. The molecule has 0 spiro atoms. The van der Waals surface area contributed by atoms with Gasteiger partial charge in [-0.25, -0.2) is 0 Å². The first-order valence-electron chi connectivity index (χ1n) is 7.46. The number of ether oxygens (including phenoxy) is 1. The smallest absolute Gasteiger partial charge is 0.258 e. The van der Waals surface area contributed by atoms with Crippen LogP contribution >= 0.6 is 0 Å². The largest absolute Gasteiger partial charge is 0.487 e. The molecule has 2 N–H and O–H groups in total. The maximum atomic E-state index is 12.8. The maximum Gasteiger partial charge on any atom is 0.258 e. The standard InChI is InChI=1S/C18H20N2O2/c1-12-3-8-16-17(9-12)22-13(2)11-20(16)18(21)15-6-4-14(10-19)5-7-15/h3-9,13H,10-11,19H2,1-2H3/t13-/m0/s1. The molecule has 0 saturated carbocycles. The predicted octanol–water partition coefficient (Wildman–Crippen LogP) is 2.88. The van der Waals surface area contributed by atoms with Gasteiger partial charge in [0.15, 0.2) is 0 Å². The summed E-state index contributed by atoms with van der Waals surface area (Å²) in [5, 5.41) is 0. The highest BCUT2D eigenvalue weighted by Gasteiger charge is 2.28. The van der Waals surface area contributed by atoms with Gasteiger partial charge in [-0.05, 0) is 49.2 Å². The molecular weight excluding hydrogens is 276 g/mol. The van der Waals surface area contributed by atoms with Gasteiger partial charge in [0, 0.05) is 12.1 Å². The molecule has 0 saturated heterocycles. The highest BCUT2D eigenvalue weighted by atomic mass is 16.5. The zero-order valence-electron chi connectivity index (χ0n) is 12.9. The number of carbonyl (C=O) groups is 1. The molecule has 1 atom stereocenters. The molecule has 0 aliphatic carbocycles. The topological polar surface area (TPSA) is 55.6 Å². The van der Waals surface area contributed by atoms with E-state index >= 15 is 0 Å². The van der Waals surface area contributed by atoms with E-state index in [0.29, 0.717) is 18.7 Å². The maximum absolute atomic E-state index is 12.8. The predicted molar refractivity (Wildman–Crippen MR) is 87.3 cm³/mol. The third-order valence-electron chi connectivity index (χ3n) is 3.86. The summed E-state index contributed by atoms with van der Waals surface area (Å²) in [5.41, 5.74) is 9.23. The zero-order valence-corrected chi connectivity index (χ0v) is 12.9. The Morgan fingerprint density at radius 1 is 1.27 bits per heavy atom. The minimum atomic E-state index is -0.0263. The molecule has 4 heteroatoms. The van der Waals surface area contributed by atoms with Crippen LogP contribution in [-0.2, 0) is 6.54 Å². The van der Waals surface area contributed by atoms with Crippen molar-refractivity contribution >= 4 is 11.6 Å². The lowest BCUT2D eigenvalue weighted by molar-refractivity contribution is 0.0961. The van der Waals surface area contributed by atoms with Crippen LogP contribution in [0.25, 0.3) is 0 Å². The van der Waals surface area contributed by atoms with Crippen LogP contribution in [0.3, 0.4) is 0 Å². The van der Waals surface area contributed by atoms with Gasteiger partial charge in [-0.1, -0.05) is 18.2 Å². The second-order valence-corrected chi connectivity index (χ2v) is 5.72. The Bertz CT molecular complexity index is 695. The van der Waals surface area contributed by atoms with E-state index in [9.17, 15) is 4.79 Å². The van der Waals surface area contributed by atoms with E-state index in [1.165, 1.54) is 0 Å². The lowest BCUT2D eigenvalue weighted by Crippen LogP contribution is -2.42. The third-order valence-corrected chi connectivity index (χ3v) is 3.86. The Morgan fingerprint density at radius 3 is 2.68 bits per heavy atom. The van der Waals surface area contributed by atoms with Crippen molar-refractivity contribution in [3.05, 3.63) is 59.2 Å². The van der Waals surface area contributed by atoms with Crippen molar-refractivity contribution in [1.29, 1.82) is 0 Å². The molecule has 4 nitrogen and oxygen atoms in total. The molecule has 0 aromatic heterocycles. The molecule has 1 amide bonds. The van der Waals surface area contributed by atoms with E-state index in [-0.39, 0.29) is 12.0 Å². The summed E-state index contributed by atoms with van der Waals surface area (Å²) in [7, 11) is 0. The van der Waals surface area contributed by atoms with Crippen molar-refractivity contribution in [3.63, 3.8) is 0 Å². The van der Waals surface area contributed by atoms with Crippen LogP contribution in [0.1, 0.15) is 28.4 Å². The Balaban J connectivity index is 1.95. The van der Waals surface area contributed by atoms with E-state index in [1.54, 1.807) is 4.90 Å². The lowest BCUT2D eigenvalue weighted by atomic mass is 10.1. The Morgan fingerprint density at radius 2 is 2.00 bits per heavy atom. The zero-order chi connectivity index (χ0) is 15.7. The van der Waals surface area contributed by atoms with Crippen LogP contribution < -0.4 is 15.4 Å². The van der Waals surface area contributed by atoms with Crippen LogP contribution in [-0.4, -0.2) is 18.6 Å². The molecule has 22 heavy (non-hydrogen) atoms.